The van der Waals surface area contributed by atoms with E-state index in [2.05, 4.69) is 44.2 Å². The monoisotopic (exact) mass is 330 g/mol. The normalized spacial score (nSPS) is 16.0. The van der Waals surface area contributed by atoms with E-state index < -0.39 is 6.10 Å². The second-order valence-electron chi connectivity index (χ2n) is 5.61. The van der Waals surface area contributed by atoms with Gasteiger partial charge in [0.1, 0.15) is 0 Å². The van der Waals surface area contributed by atoms with Gasteiger partial charge in [0.05, 0.1) is 12.2 Å². The molecule has 24 heavy (non-hydrogen) atoms. The van der Waals surface area contributed by atoms with Crippen molar-refractivity contribution < 1.29 is 10.2 Å². The first-order chi connectivity index (χ1) is 11.7. The van der Waals surface area contributed by atoms with Gasteiger partial charge >= 0.3 is 0 Å². The Balaban J connectivity index is 3.76. The molecule has 0 radical (unpaired) electrons. The Labute approximate surface area is 148 Å². The highest BCUT2D eigenvalue weighted by molar-refractivity contribution is 5.09. The Morgan fingerprint density at radius 2 is 1.25 bits per heavy atom. The number of aliphatic hydroxyl groups is 2. The zero-order valence-corrected chi connectivity index (χ0v) is 15.2. The van der Waals surface area contributed by atoms with Crippen LogP contribution < -0.4 is 0 Å². The van der Waals surface area contributed by atoms with Crippen molar-refractivity contribution in [2.24, 2.45) is 0 Å². The zero-order valence-electron chi connectivity index (χ0n) is 15.2. The van der Waals surface area contributed by atoms with Crippen molar-refractivity contribution in [3.8, 4) is 0 Å². The van der Waals surface area contributed by atoms with Crippen LogP contribution in [-0.2, 0) is 0 Å². The predicted octanol–water partition coefficient (Wildman–Crippen LogP) is 5.43. The van der Waals surface area contributed by atoms with Gasteiger partial charge in [0, 0.05) is 0 Å². The summed E-state index contributed by atoms with van der Waals surface area (Å²) in [6.45, 7) is 4.15. The molecule has 0 aliphatic carbocycles. The van der Waals surface area contributed by atoms with Crippen LogP contribution in [0.15, 0.2) is 72.9 Å². The topological polar surface area (TPSA) is 40.5 Å². The van der Waals surface area contributed by atoms with Crippen molar-refractivity contribution in [2.45, 2.75) is 64.6 Å². The van der Waals surface area contributed by atoms with Crippen LogP contribution in [-0.4, -0.2) is 22.4 Å². The standard InChI is InChI=1S/C22H34O2/c1-3-5-14-18-22(24)20-16-13-11-9-7-6-8-10-12-15-19-21(23)17-4-2/h5-7,10-16,19-24H,3-4,8-9,17-18H2,1-2H3/b7-6-,12-10-,13-11-,14-5-,19-15+,20-16+/t21-,22-/m1/s1. The fourth-order valence-electron chi connectivity index (χ4n) is 1.92. The third-order valence-electron chi connectivity index (χ3n) is 3.24. The number of allylic oxidation sites excluding steroid dienone is 9. The molecule has 0 aromatic heterocycles. The smallest absolute Gasteiger partial charge is 0.0758 e. The van der Waals surface area contributed by atoms with E-state index in [9.17, 15) is 10.2 Å². The molecular formula is C22H34O2. The average molecular weight is 331 g/mol. The first kappa shape index (κ1) is 22.4. The minimum Gasteiger partial charge on any atom is -0.389 e. The highest BCUT2D eigenvalue weighted by Gasteiger charge is 1.93. The Morgan fingerprint density at radius 3 is 1.79 bits per heavy atom. The van der Waals surface area contributed by atoms with Crippen LogP contribution in [0, 0.1) is 0 Å². The fraction of sp³-hybridized carbons (Fsp3) is 0.455. The van der Waals surface area contributed by atoms with Crippen LogP contribution in [0.5, 0.6) is 0 Å². The quantitative estimate of drug-likeness (QED) is 0.349. The lowest BCUT2D eigenvalue weighted by Crippen LogP contribution is -1.99. The molecule has 0 aliphatic rings. The Kier molecular flexibility index (Phi) is 16.5. The number of rotatable bonds is 13. The van der Waals surface area contributed by atoms with Gasteiger partial charge in [-0.3, -0.25) is 0 Å². The van der Waals surface area contributed by atoms with Gasteiger partial charge in [-0.15, -0.1) is 0 Å². The maximum Gasteiger partial charge on any atom is 0.0758 e. The van der Waals surface area contributed by atoms with E-state index in [4.69, 9.17) is 0 Å². The lowest BCUT2D eigenvalue weighted by Gasteiger charge is -1.99. The van der Waals surface area contributed by atoms with E-state index in [0.717, 1.165) is 32.1 Å². The summed E-state index contributed by atoms with van der Waals surface area (Å²) in [6, 6.07) is 0. The molecule has 2 heteroatoms. The third kappa shape index (κ3) is 16.7. The van der Waals surface area contributed by atoms with Gasteiger partial charge in [0.25, 0.3) is 0 Å². The molecule has 0 saturated heterocycles. The zero-order chi connectivity index (χ0) is 17.9. The van der Waals surface area contributed by atoms with Crippen LogP contribution in [0.3, 0.4) is 0 Å². The molecule has 0 saturated carbocycles. The van der Waals surface area contributed by atoms with Crippen molar-refractivity contribution in [1.82, 2.24) is 0 Å². The largest absolute Gasteiger partial charge is 0.389 e. The number of aliphatic hydroxyl groups excluding tert-OH is 2. The van der Waals surface area contributed by atoms with Crippen LogP contribution in [0.25, 0.3) is 0 Å². The van der Waals surface area contributed by atoms with E-state index in [1.807, 2.05) is 42.5 Å². The molecule has 0 amide bonds. The van der Waals surface area contributed by atoms with Crippen LogP contribution in [0.2, 0.25) is 0 Å². The van der Waals surface area contributed by atoms with Crippen molar-refractivity contribution >= 4 is 0 Å². The highest BCUT2D eigenvalue weighted by Crippen LogP contribution is 1.99. The van der Waals surface area contributed by atoms with Gasteiger partial charge in [-0.1, -0.05) is 93.2 Å². The Bertz CT molecular complexity index is 439. The van der Waals surface area contributed by atoms with E-state index in [0.29, 0.717) is 6.42 Å². The Hall–Kier alpha value is -1.64. The molecular weight excluding hydrogens is 296 g/mol. The lowest BCUT2D eigenvalue weighted by atomic mass is 10.2. The molecule has 2 N–H and O–H groups in total. The van der Waals surface area contributed by atoms with Crippen molar-refractivity contribution in [2.75, 3.05) is 0 Å². The second-order valence-corrected chi connectivity index (χ2v) is 5.61. The maximum absolute atomic E-state index is 9.67. The van der Waals surface area contributed by atoms with Gasteiger partial charge in [-0.2, -0.15) is 0 Å². The summed E-state index contributed by atoms with van der Waals surface area (Å²) in [6.07, 6.45) is 28.3. The average Bonchev–Trinajstić information content (AvgIpc) is 2.56. The van der Waals surface area contributed by atoms with Gasteiger partial charge in [-0.05, 0) is 32.1 Å². The van der Waals surface area contributed by atoms with E-state index >= 15 is 0 Å². The summed E-state index contributed by atoms with van der Waals surface area (Å²) < 4.78 is 0. The molecule has 0 aromatic rings. The van der Waals surface area contributed by atoms with Crippen molar-refractivity contribution in [3.05, 3.63) is 72.9 Å². The van der Waals surface area contributed by atoms with E-state index in [-0.39, 0.29) is 6.10 Å². The molecule has 0 heterocycles. The lowest BCUT2D eigenvalue weighted by molar-refractivity contribution is 0.211. The molecule has 0 aromatic carbocycles. The summed E-state index contributed by atoms with van der Waals surface area (Å²) in [5.74, 6) is 0. The number of hydrogen-bond donors (Lipinski definition) is 2. The minimum absolute atomic E-state index is 0.324. The number of hydrogen-bond acceptors (Lipinski definition) is 2. The molecule has 0 spiro atoms. The second kappa shape index (κ2) is 17.7. The van der Waals surface area contributed by atoms with E-state index in [1.54, 1.807) is 0 Å². The van der Waals surface area contributed by atoms with E-state index in [1.165, 1.54) is 0 Å². The third-order valence-corrected chi connectivity index (χ3v) is 3.24. The molecule has 2 nitrogen and oxygen atoms in total. The molecule has 0 fully saturated rings. The molecule has 0 rings (SSSR count). The van der Waals surface area contributed by atoms with Crippen LogP contribution in [0.1, 0.15) is 52.4 Å². The maximum atomic E-state index is 9.67. The first-order valence-electron chi connectivity index (χ1n) is 9.03. The Morgan fingerprint density at radius 1 is 0.667 bits per heavy atom. The van der Waals surface area contributed by atoms with Gasteiger partial charge < -0.3 is 10.2 Å². The molecule has 0 aliphatic heterocycles. The first-order valence-corrected chi connectivity index (χ1v) is 9.03. The summed E-state index contributed by atoms with van der Waals surface area (Å²) in [4.78, 5) is 0. The predicted molar refractivity (Wildman–Crippen MR) is 106 cm³/mol. The molecule has 0 unspecified atom stereocenters. The molecule has 2 atom stereocenters. The molecule has 0 bridgehead atoms. The minimum atomic E-state index is -0.401. The summed E-state index contributed by atoms with van der Waals surface area (Å²) in [5, 5.41) is 19.2. The summed E-state index contributed by atoms with van der Waals surface area (Å²) in [7, 11) is 0. The summed E-state index contributed by atoms with van der Waals surface area (Å²) in [5.41, 5.74) is 0. The summed E-state index contributed by atoms with van der Waals surface area (Å²) >= 11 is 0. The van der Waals surface area contributed by atoms with Gasteiger partial charge in [0.15, 0.2) is 0 Å². The van der Waals surface area contributed by atoms with Crippen molar-refractivity contribution in [1.29, 1.82) is 0 Å². The van der Waals surface area contributed by atoms with Crippen LogP contribution >= 0.6 is 0 Å². The fourth-order valence-corrected chi connectivity index (χ4v) is 1.92. The van der Waals surface area contributed by atoms with Gasteiger partial charge in [-0.25, -0.2) is 0 Å². The van der Waals surface area contributed by atoms with Crippen LogP contribution in [0.4, 0.5) is 0 Å². The van der Waals surface area contributed by atoms with Crippen molar-refractivity contribution in [3.63, 3.8) is 0 Å². The SMILES string of the molecule is CC/C=C\C[C@@H](O)/C=C/C=C\C/C=C\C/C=C\C=C\[C@H](O)CCC. The van der Waals surface area contributed by atoms with Gasteiger partial charge in [0.2, 0.25) is 0 Å². The highest BCUT2D eigenvalue weighted by atomic mass is 16.3. The molecule has 134 valence electrons.